The summed E-state index contributed by atoms with van der Waals surface area (Å²) in [4.78, 5) is 26.0. The summed E-state index contributed by atoms with van der Waals surface area (Å²) in [7, 11) is 0. The average Bonchev–Trinajstić information content (AvgIpc) is 2.78. The summed E-state index contributed by atoms with van der Waals surface area (Å²) in [5, 5.41) is 9.25. The van der Waals surface area contributed by atoms with Gasteiger partial charge in [0, 0.05) is 0 Å². The molecule has 31 heavy (non-hydrogen) atoms. The molecule has 164 valence electrons. The van der Waals surface area contributed by atoms with E-state index in [0.29, 0.717) is 0 Å². The number of hydrogen-bond donors (Lipinski definition) is 3. The maximum Gasteiger partial charge on any atom is 0.315 e. The van der Waals surface area contributed by atoms with Gasteiger partial charge in [-0.2, -0.15) is 0 Å². The Hall–Kier alpha value is -2.82. The van der Waals surface area contributed by atoms with Gasteiger partial charge in [0.25, 0.3) is 0 Å². The molecule has 0 saturated heterocycles. The first-order valence-corrected chi connectivity index (χ1v) is 11.6. The normalized spacial score (nSPS) is 20.9. The molecule has 0 fully saturated rings. The van der Waals surface area contributed by atoms with Crippen LogP contribution in [-0.2, 0) is 17.6 Å². The highest BCUT2D eigenvalue weighted by Crippen LogP contribution is 2.30. The summed E-state index contributed by atoms with van der Waals surface area (Å²) in [6.07, 6.45) is 6.07. The predicted molar refractivity (Wildman–Crippen MR) is 123 cm³/mol. The molecule has 5 nitrogen and oxygen atoms in total. The molecule has 0 aliphatic heterocycles. The zero-order chi connectivity index (χ0) is 21.8. The van der Waals surface area contributed by atoms with E-state index in [4.69, 9.17) is 0 Å². The molecular formula is C26H33N3O2. The molecule has 3 N–H and O–H groups in total. The number of amides is 3. The van der Waals surface area contributed by atoms with Gasteiger partial charge >= 0.3 is 6.03 Å². The molecule has 2 aliphatic rings. The lowest BCUT2D eigenvalue weighted by molar-refractivity contribution is -0.124. The molecule has 3 atom stereocenters. The molecular weight excluding hydrogens is 386 g/mol. The van der Waals surface area contributed by atoms with Crippen LogP contribution in [-0.4, -0.2) is 18.0 Å². The van der Waals surface area contributed by atoms with Crippen LogP contribution in [0.1, 0.15) is 73.9 Å². The van der Waals surface area contributed by atoms with Gasteiger partial charge in [-0.05, 0) is 66.7 Å². The lowest BCUT2D eigenvalue weighted by atomic mass is 9.87. The van der Waals surface area contributed by atoms with Gasteiger partial charge in [-0.1, -0.05) is 62.4 Å². The van der Waals surface area contributed by atoms with Crippen LogP contribution >= 0.6 is 0 Å². The van der Waals surface area contributed by atoms with Crippen molar-refractivity contribution < 1.29 is 9.59 Å². The third-order valence-corrected chi connectivity index (χ3v) is 6.60. The molecule has 0 saturated carbocycles. The first-order chi connectivity index (χ1) is 15.0. The summed E-state index contributed by atoms with van der Waals surface area (Å²) < 4.78 is 0. The minimum absolute atomic E-state index is 0.00813. The molecule has 0 unspecified atom stereocenters. The van der Waals surface area contributed by atoms with Crippen LogP contribution < -0.4 is 16.0 Å². The number of rotatable bonds is 5. The van der Waals surface area contributed by atoms with Gasteiger partial charge in [-0.25, -0.2) is 4.79 Å². The second-order valence-electron chi connectivity index (χ2n) is 9.14. The first-order valence-electron chi connectivity index (χ1n) is 11.6. The van der Waals surface area contributed by atoms with Gasteiger partial charge in [-0.3, -0.25) is 4.79 Å². The van der Waals surface area contributed by atoms with E-state index in [1.165, 1.54) is 22.3 Å². The summed E-state index contributed by atoms with van der Waals surface area (Å²) in [6.45, 7) is 3.94. The Morgan fingerprint density at radius 2 is 1.32 bits per heavy atom. The maximum absolute atomic E-state index is 13.1. The lowest BCUT2D eigenvalue weighted by Gasteiger charge is -2.30. The fraction of sp³-hybridized carbons (Fsp3) is 0.462. The standard InChI is InChI=1S/C26H33N3O2/c1-17(2)24(25(30)27-22-15-7-11-18-9-3-5-13-20(18)22)29-26(31)28-23-16-8-12-19-10-4-6-14-21(19)23/h3-6,9-10,13-14,17,22-24H,7-8,11-12,15-16H2,1-2H3,(H,27,30)(H2,28,29,31)/t22-,23+,24+/m1/s1. The molecule has 0 radical (unpaired) electrons. The lowest BCUT2D eigenvalue weighted by Crippen LogP contribution is -2.53. The highest BCUT2D eigenvalue weighted by molar-refractivity contribution is 5.87. The zero-order valence-electron chi connectivity index (χ0n) is 18.5. The topological polar surface area (TPSA) is 70.2 Å². The Bertz CT molecular complexity index is 940. The largest absolute Gasteiger partial charge is 0.347 e. The van der Waals surface area contributed by atoms with Crippen molar-refractivity contribution >= 4 is 11.9 Å². The second kappa shape index (κ2) is 9.54. The average molecular weight is 420 g/mol. The van der Waals surface area contributed by atoms with Crippen molar-refractivity contribution in [1.82, 2.24) is 16.0 Å². The van der Waals surface area contributed by atoms with Crippen LogP contribution in [0, 0.1) is 5.92 Å². The quantitative estimate of drug-likeness (QED) is 0.664. The molecule has 2 aromatic carbocycles. The van der Waals surface area contributed by atoms with Gasteiger partial charge in [0.2, 0.25) is 5.91 Å². The number of hydrogen-bond acceptors (Lipinski definition) is 2. The number of nitrogens with one attached hydrogen (secondary N) is 3. The van der Waals surface area contributed by atoms with E-state index in [1.54, 1.807) is 0 Å². The van der Waals surface area contributed by atoms with Crippen LogP contribution in [0.25, 0.3) is 0 Å². The second-order valence-corrected chi connectivity index (χ2v) is 9.14. The summed E-state index contributed by atoms with van der Waals surface area (Å²) in [6, 6.07) is 15.7. The van der Waals surface area contributed by atoms with Gasteiger partial charge in [0.15, 0.2) is 0 Å². The maximum atomic E-state index is 13.1. The van der Waals surface area contributed by atoms with Crippen molar-refractivity contribution in [3.05, 3.63) is 70.8 Å². The zero-order valence-corrected chi connectivity index (χ0v) is 18.5. The van der Waals surface area contributed by atoms with E-state index < -0.39 is 6.04 Å². The van der Waals surface area contributed by atoms with Crippen molar-refractivity contribution in [3.63, 3.8) is 0 Å². The third-order valence-electron chi connectivity index (χ3n) is 6.60. The van der Waals surface area contributed by atoms with Crippen molar-refractivity contribution in [2.75, 3.05) is 0 Å². The molecule has 0 bridgehead atoms. The van der Waals surface area contributed by atoms with Crippen LogP contribution in [0.5, 0.6) is 0 Å². The van der Waals surface area contributed by atoms with Gasteiger partial charge in [-0.15, -0.1) is 0 Å². The summed E-state index contributed by atoms with van der Waals surface area (Å²) in [5.41, 5.74) is 5.00. The highest BCUT2D eigenvalue weighted by atomic mass is 16.2. The Labute approximate surface area is 185 Å². The number of benzene rings is 2. The minimum Gasteiger partial charge on any atom is -0.347 e. The Balaban J connectivity index is 1.40. The van der Waals surface area contributed by atoms with Gasteiger partial charge in [0.05, 0.1) is 12.1 Å². The van der Waals surface area contributed by atoms with E-state index in [0.717, 1.165) is 38.5 Å². The number of fused-ring (bicyclic) bond motifs is 2. The smallest absolute Gasteiger partial charge is 0.315 e. The van der Waals surface area contributed by atoms with Crippen LogP contribution in [0.2, 0.25) is 0 Å². The summed E-state index contributed by atoms with van der Waals surface area (Å²) >= 11 is 0. The van der Waals surface area contributed by atoms with E-state index in [-0.39, 0.29) is 29.9 Å². The molecule has 2 aromatic rings. The van der Waals surface area contributed by atoms with E-state index in [9.17, 15) is 9.59 Å². The van der Waals surface area contributed by atoms with E-state index >= 15 is 0 Å². The SMILES string of the molecule is CC(C)[C@H](NC(=O)N[C@H]1CCCc2ccccc21)C(=O)N[C@@H]1CCCc2ccccc21. The van der Waals surface area contributed by atoms with Gasteiger partial charge in [0.1, 0.15) is 6.04 Å². The Morgan fingerprint density at radius 1 is 0.806 bits per heavy atom. The van der Waals surface area contributed by atoms with Crippen LogP contribution in [0.15, 0.2) is 48.5 Å². The van der Waals surface area contributed by atoms with Crippen LogP contribution in [0.4, 0.5) is 4.79 Å². The molecule has 4 rings (SSSR count). The molecule has 2 aliphatic carbocycles. The summed E-state index contributed by atoms with van der Waals surface area (Å²) in [5.74, 6) is -0.126. The highest BCUT2D eigenvalue weighted by Gasteiger charge is 2.29. The van der Waals surface area contributed by atoms with Crippen molar-refractivity contribution in [1.29, 1.82) is 0 Å². The molecule has 0 heterocycles. The van der Waals surface area contributed by atoms with Crippen molar-refractivity contribution in [3.8, 4) is 0 Å². The fourth-order valence-electron chi connectivity index (χ4n) is 4.95. The van der Waals surface area contributed by atoms with E-state index in [2.05, 4.69) is 46.3 Å². The molecule has 3 amide bonds. The number of aryl methyl sites for hydroxylation is 2. The Kier molecular flexibility index (Phi) is 6.59. The molecule has 5 heteroatoms. The third kappa shape index (κ3) is 4.92. The molecule has 0 aromatic heterocycles. The fourth-order valence-corrected chi connectivity index (χ4v) is 4.95. The van der Waals surface area contributed by atoms with E-state index in [1.807, 2.05) is 32.0 Å². The molecule has 0 spiro atoms. The van der Waals surface area contributed by atoms with Crippen molar-refractivity contribution in [2.45, 2.75) is 70.5 Å². The van der Waals surface area contributed by atoms with Crippen LogP contribution in [0.3, 0.4) is 0 Å². The monoisotopic (exact) mass is 419 g/mol. The number of carbonyl (C=O) groups excluding carboxylic acids is 2. The van der Waals surface area contributed by atoms with Crippen molar-refractivity contribution in [2.24, 2.45) is 5.92 Å². The van der Waals surface area contributed by atoms with Gasteiger partial charge < -0.3 is 16.0 Å². The Morgan fingerprint density at radius 3 is 1.87 bits per heavy atom. The number of urea groups is 1. The first kappa shape index (κ1) is 21.4. The minimum atomic E-state index is -0.576. The predicted octanol–water partition coefficient (Wildman–Crippen LogP) is 4.58. The number of carbonyl (C=O) groups is 2.